The second-order valence-electron chi connectivity index (χ2n) is 6.53. The normalized spacial score (nSPS) is 27.0. The highest BCUT2D eigenvalue weighted by atomic mass is 16.5. The van der Waals surface area contributed by atoms with Crippen LogP contribution in [0, 0.1) is 6.92 Å². The van der Waals surface area contributed by atoms with Gasteiger partial charge in [-0.05, 0) is 26.7 Å². The third-order valence-corrected chi connectivity index (χ3v) is 4.89. The van der Waals surface area contributed by atoms with Crippen LogP contribution < -0.4 is 5.32 Å². The summed E-state index contributed by atoms with van der Waals surface area (Å²) >= 11 is 0. The second-order valence-corrected chi connectivity index (χ2v) is 6.53. The number of hydrogen-bond acceptors (Lipinski definition) is 5. The van der Waals surface area contributed by atoms with Gasteiger partial charge in [0.15, 0.2) is 5.82 Å². The highest BCUT2D eigenvalue weighted by Crippen LogP contribution is 2.31. The van der Waals surface area contributed by atoms with Crippen molar-refractivity contribution in [2.24, 2.45) is 0 Å². The average Bonchev–Trinajstić information content (AvgIpc) is 2.87. The Balaban J connectivity index is 1.59. The van der Waals surface area contributed by atoms with Crippen molar-refractivity contribution in [1.29, 1.82) is 0 Å². The molecule has 0 bridgehead atoms. The molecular weight excluding hydrogens is 252 g/mol. The van der Waals surface area contributed by atoms with Gasteiger partial charge in [-0.25, -0.2) is 0 Å². The molecule has 0 radical (unpaired) electrons. The maximum atomic E-state index is 5.22. The summed E-state index contributed by atoms with van der Waals surface area (Å²) in [6, 6.07) is 0.589. The molecule has 1 aromatic heterocycles. The zero-order valence-corrected chi connectivity index (χ0v) is 12.7. The van der Waals surface area contributed by atoms with E-state index in [2.05, 4.69) is 27.3 Å². The third-order valence-electron chi connectivity index (χ3n) is 4.89. The van der Waals surface area contributed by atoms with Gasteiger partial charge in [0.05, 0.1) is 0 Å². The Kier molecular flexibility index (Phi) is 4.08. The summed E-state index contributed by atoms with van der Waals surface area (Å²) in [6.45, 7) is 7.47. The number of nitrogens with one attached hydrogen (secondary N) is 1. The van der Waals surface area contributed by atoms with Crippen molar-refractivity contribution in [3.8, 4) is 0 Å². The number of hydrogen-bond donors (Lipinski definition) is 1. The second kappa shape index (κ2) is 5.82. The summed E-state index contributed by atoms with van der Waals surface area (Å²) in [5.41, 5.74) is 0.371. The average molecular weight is 278 g/mol. The summed E-state index contributed by atoms with van der Waals surface area (Å²) < 4.78 is 5.22. The van der Waals surface area contributed by atoms with E-state index < -0.39 is 0 Å². The molecule has 1 atom stereocenters. The van der Waals surface area contributed by atoms with Gasteiger partial charge < -0.3 is 9.84 Å². The van der Waals surface area contributed by atoms with Crippen molar-refractivity contribution in [3.63, 3.8) is 0 Å². The van der Waals surface area contributed by atoms with Crippen LogP contribution in [-0.4, -0.2) is 46.3 Å². The molecule has 2 aliphatic rings. The van der Waals surface area contributed by atoms with Gasteiger partial charge in [-0.15, -0.1) is 0 Å². The summed E-state index contributed by atoms with van der Waals surface area (Å²) in [4.78, 5) is 6.90. The molecule has 2 fully saturated rings. The van der Waals surface area contributed by atoms with Crippen molar-refractivity contribution in [2.75, 3.05) is 19.6 Å². The number of aromatic nitrogens is 2. The molecule has 1 spiro atoms. The molecule has 1 aliphatic carbocycles. The van der Waals surface area contributed by atoms with Gasteiger partial charge in [0.2, 0.25) is 5.89 Å². The highest BCUT2D eigenvalue weighted by Gasteiger charge is 2.38. The molecule has 3 rings (SSSR count). The Hall–Kier alpha value is -0.940. The minimum atomic E-state index is 0.371. The summed E-state index contributed by atoms with van der Waals surface area (Å²) in [7, 11) is 0. The number of nitrogens with zero attached hydrogens (tertiary/aromatic N) is 3. The van der Waals surface area contributed by atoms with Gasteiger partial charge in [-0.2, -0.15) is 4.98 Å². The lowest BCUT2D eigenvalue weighted by atomic mass is 9.79. The fourth-order valence-electron chi connectivity index (χ4n) is 3.64. The van der Waals surface area contributed by atoms with E-state index in [0.29, 0.717) is 11.6 Å². The Morgan fingerprint density at radius 2 is 2.15 bits per heavy atom. The van der Waals surface area contributed by atoms with Crippen LogP contribution in [-0.2, 0) is 6.42 Å². The van der Waals surface area contributed by atoms with E-state index in [0.717, 1.165) is 31.2 Å². The maximum absolute atomic E-state index is 5.22. The van der Waals surface area contributed by atoms with Crippen molar-refractivity contribution >= 4 is 0 Å². The molecular formula is C15H26N4O. The SMILES string of the molecule is Cc1noc(CCN2CC3(CCCCC3)NCC2C)n1. The van der Waals surface area contributed by atoms with E-state index in [4.69, 9.17) is 4.52 Å². The standard InChI is InChI=1S/C15H26N4O/c1-12-10-16-15(7-4-3-5-8-15)11-19(12)9-6-14-17-13(2)18-20-14/h12,16H,3-11H2,1-2H3. The molecule has 1 saturated heterocycles. The monoisotopic (exact) mass is 278 g/mol. The molecule has 5 heteroatoms. The minimum Gasteiger partial charge on any atom is -0.339 e. The molecule has 0 aromatic carbocycles. The van der Waals surface area contributed by atoms with Crippen molar-refractivity contribution in [2.45, 2.75) is 64.0 Å². The molecule has 20 heavy (non-hydrogen) atoms. The van der Waals surface area contributed by atoms with Crippen molar-refractivity contribution in [3.05, 3.63) is 11.7 Å². The molecule has 1 saturated carbocycles. The predicted octanol–water partition coefficient (Wildman–Crippen LogP) is 1.92. The fourth-order valence-corrected chi connectivity index (χ4v) is 3.64. The first kappa shape index (κ1) is 14.0. The summed E-state index contributed by atoms with van der Waals surface area (Å²) in [5.74, 6) is 1.50. The van der Waals surface area contributed by atoms with Gasteiger partial charge >= 0.3 is 0 Å². The number of piperazine rings is 1. The van der Waals surface area contributed by atoms with Crippen LogP contribution in [0.1, 0.15) is 50.7 Å². The lowest BCUT2D eigenvalue weighted by Gasteiger charge is -2.49. The minimum absolute atomic E-state index is 0.371. The van der Waals surface area contributed by atoms with E-state index in [1.165, 1.54) is 38.6 Å². The Labute approximate surface area is 121 Å². The smallest absolute Gasteiger partial charge is 0.227 e. The number of aryl methyl sites for hydroxylation is 1. The Morgan fingerprint density at radius 3 is 2.85 bits per heavy atom. The first-order chi connectivity index (χ1) is 9.67. The van der Waals surface area contributed by atoms with Crippen molar-refractivity contribution < 1.29 is 4.52 Å². The van der Waals surface area contributed by atoms with Gasteiger partial charge in [0.1, 0.15) is 0 Å². The third kappa shape index (κ3) is 3.04. The van der Waals surface area contributed by atoms with Crippen LogP contribution >= 0.6 is 0 Å². The summed E-state index contributed by atoms with van der Waals surface area (Å²) in [5, 5.41) is 7.69. The van der Waals surface area contributed by atoms with Gasteiger partial charge in [-0.1, -0.05) is 24.4 Å². The topological polar surface area (TPSA) is 54.2 Å². The number of rotatable bonds is 3. The van der Waals surface area contributed by atoms with Crippen molar-refractivity contribution in [1.82, 2.24) is 20.4 Å². The Bertz CT molecular complexity index is 439. The first-order valence-electron chi connectivity index (χ1n) is 7.95. The van der Waals surface area contributed by atoms with E-state index in [9.17, 15) is 0 Å². The van der Waals surface area contributed by atoms with Gasteiger partial charge in [0.25, 0.3) is 0 Å². The van der Waals surface area contributed by atoms with E-state index in [-0.39, 0.29) is 0 Å². The summed E-state index contributed by atoms with van der Waals surface area (Å²) in [6.07, 6.45) is 7.67. The zero-order chi connectivity index (χ0) is 14.0. The lowest BCUT2D eigenvalue weighted by molar-refractivity contribution is 0.0622. The molecule has 1 aliphatic heterocycles. The van der Waals surface area contributed by atoms with Crippen LogP contribution in [0.2, 0.25) is 0 Å². The largest absolute Gasteiger partial charge is 0.339 e. The first-order valence-corrected chi connectivity index (χ1v) is 7.95. The lowest BCUT2D eigenvalue weighted by Crippen LogP contribution is -2.64. The van der Waals surface area contributed by atoms with E-state index >= 15 is 0 Å². The van der Waals surface area contributed by atoms with Crippen LogP contribution in [0.25, 0.3) is 0 Å². The van der Waals surface area contributed by atoms with E-state index in [1.807, 2.05) is 6.92 Å². The van der Waals surface area contributed by atoms with Gasteiger partial charge in [-0.3, -0.25) is 4.90 Å². The van der Waals surface area contributed by atoms with Crippen LogP contribution in [0.15, 0.2) is 4.52 Å². The molecule has 5 nitrogen and oxygen atoms in total. The Morgan fingerprint density at radius 1 is 1.35 bits per heavy atom. The molecule has 112 valence electrons. The van der Waals surface area contributed by atoms with Crippen LogP contribution in [0.5, 0.6) is 0 Å². The fraction of sp³-hybridized carbons (Fsp3) is 0.867. The van der Waals surface area contributed by atoms with Gasteiger partial charge in [0, 0.05) is 37.6 Å². The molecule has 1 N–H and O–H groups in total. The molecule has 1 aromatic rings. The predicted molar refractivity (Wildman–Crippen MR) is 77.6 cm³/mol. The molecule has 0 amide bonds. The molecule has 2 heterocycles. The zero-order valence-electron chi connectivity index (χ0n) is 12.7. The highest BCUT2D eigenvalue weighted by molar-refractivity contribution is 4.99. The van der Waals surface area contributed by atoms with Crippen LogP contribution in [0.4, 0.5) is 0 Å². The molecule has 1 unspecified atom stereocenters. The van der Waals surface area contributed by atoms with Crippen LogP contribution in [0.3, 0.4) is 0 Å². The van der Waals surface area contributed by atoms with E-state index in [1.54, 1.807) is 0 Å². The quantitative estimate of drug-likeness (QED) is 0.915. The maximum Gasteiger partial charge on any atom is 0.227 e.